The van der Waals surface area contributed by atoms with Crippen LogP contribution in [0, 0.1) is 0 Å². The smallest absolute Gasteiger partial charge is 0.251 e. The maximum atomic E-state index is 12.2. The van der Waals surface area contributed by atoms with Gasteiger partial charge in [0, 0.05) is 18.4 Å². The highest BCUT2D eigenvalue weighted by Crippen LogP contribution is 2.11. The number of benzene rings is 2. The summed E-state index contributed by atoms with van der Waals surface area (Å²) in [5.74, 6) is -0.376. The molecule has 0 aliphatic carbocycles. The minimum Gasteiger partial charge on any atom is -0.345 e. The van der Waals surface area contributed by atoms with E-state index in [1.165, 1.54) is 6.92 Å². The minimum atomic E-state index is -0.339. The van der Waals surface area contributed by atoms with Crippen LogP contribution in [0.3, 0.4) is 0 Å². The summed E-state index contributed by atoms with van der Waals surface area (Å²) in [4.78, 5) is 35.5. The van der Waals surface area contributed by atoms with Crippen molar-refractivity contribution in [1.82, 2.24) is 20.7 Å². The fourth-order valence-corrected chi connectivity index (χ4v) is 2.69. The third-order valence-electron chi connectivity index (χ3n) is 3.87. The average molecular weight is 350 g/mol. The van der Waals surface area contributed by atoms with E-state index in [9.17, 15) is 14.4 Å². The Morgan fingerprint density at radius 1 is 0.962 bits per heavy atom. The number of carbonyl (C=O) groups excluding carboxylic acids is 3. The van der Waals surface area contributed by atoms with Crippen LogP contribution in [0.25, 0.3) is 11.0 Å². The van der Waals surface area contributed by atoms with Crippen molar-refractivity contribution in [2.75, 3.05) is 6.54 Å². The molecule has 7 heteroatoms. The van der Waals surface area contributed by atoms with Gasteiger partial charge in [-0.05, 0) is 36.2 Å². The normalized spacial score (nSPS) is 10.7. The number of fused-ring (bicyclic) bond motifs is 1. The molecule has 0 unspecified atom stereocenters. The van der Waals surface area contributed by atoms with Gasteiger partial charge in [0.25, 0.3) is 5.91 Å². The molecule has 3 aromatic rings. The van der Waals surface area contributed by atoms with Gasteiger partial charge >= 0.3 is 0 Å². The Labute approximate surface area is 149 Å². The first kappa shape index (κ1) is 17.5. The lowest BCUT2D eigenvalue weighted by atomic mass is 10.0. The van der Waals surface area contributed by atoms with Gasteiger partial charge in [0.1, 0.15) is 16.8 Å². The van der Waals surface area contributed by atoms with Crippen LogP contribution < -0.4 is 5.32 Å². The van der Waals surface area contributed by atoms with Crippen LogP contribution in [0.2, 0.25) is 0 Å². The van der Waals surface area contributed by atoms with Gasteiger partial charge in [0.05, 0.1) is 6.54 Å². The largest absolute Gasteiger partial charge is 0.345 e. The molecule has 0 aliphatic heterocycles. The average Bonchev–Trinajstić information content (AvgIpc) is 3.07. The fourth-order valence-electron chi connectivity index (χ4n) is 2.69. The van der Waals surface area contributed by atoms with E-state index in [0.717, 1.165) is 11.1 Å². The van der Waals surface area contributed by atoms with Crippen molar-refractivity contribution in [1.29, 1.82) is 0 Å². The number of carbonyl (C=O) groups is 3. The van der Waals surface area contributed by atoms with Crippen LogP contribution in [0.5, 0.6) is 0 Å². The highest BCUT2D eigenvalue weighted by molar-refractivity contribution is 5.99. The zero-order valence-corrected chi connectivity index (χ0v) is 14.3. The summed E-state index contributed by atoms with van der Waals surface area (Å²) in [7, 11) is 0. The number of nitrogens with one attached hydrogen (secondary N) is 2. The first-order valence-corrected chi connectivity index (χ1v) is 8.19. The number of H-pyrrole nitrogens is 1. The van der Waals surface area contributed by atoms with Crippen molar-refractivity contribution in [2.45, 2.75) is 19.8 Å². The second kappa shape index (κ2) is 7.69. The topological polar surface area (TPSA) is 105 Å². The molecule has 7 nitrogen and oxygen atoms in total. The number of aromatic amines is 1. The maximum Gasteiger partial charge on any atom is 0.251 e. The molecule has 0 atom stereocenters. The molecule has 1 amide bonds. The molecule has 1 heterocycles. The molecular formula is C19H18N4O3. The third kappa shape index (κ3) is 4.38. The Hall–Kier alpha value is -3.35. The summed E-state index contributed by atoms with van der Waals surface area (Å²) in [6.07, 6.45) is 0.553. The number of ketones is 2. The van der Waals surface area contributed by atoms with Gasteiger partial charge in [-0.2, -0.15) is 15.4 Å². The summed E-state index contributed by atoms with van der Waals surface area (Å²) in [5.41, 5.74) is 3.39. The van der Waals surface area contributed by atoms with E-state index in [4.69, 9.17) is 0 Å². The molecule has 132 valence electrons. The van der Waals surface area contributed by atoms with E-state index in [1.54, 1.807) is 18.2 Å². The number of amides is 1. The van der Waals surface area contributed by atoms with Gasteiger partial charge in [0.15, 0.2) is 5.78 Å². The van der Waals surface area contributed by atoms with Crippen LogP contribution in [0.15, 0.2) is 42.5 Å². The van der Waals surface area contributed by atoms with E-state index >= 15 is 0 Å². The van der Waals surface area contributed by atoms with E-state index in [-0.39, 0.29) is 30.4 Å². The molecule has 0 fully saturated rings. The van der Waals surface area contributed by atoms with Crippen LogP contribution in [-0.4, -0.2) is 39.4 Å². The molecule has 0 bridgehead atoms. The van der Waals surface area contributed by atoms with E-state index < -0.39 is 0 Å². The van der Waals surface area contributed by atoms with Crippen molar-refractivity contribution < 1.29 is 14.4 Å². The Morgan fingerprint density at radius 3 is 2.46 bits per heavy atom. The predicted molar refractivity (Wildman–Crippen MR) is 95.8 cm³/mol. The van der Waals surface area contributed by atoms with Crippen molar-refractivity contribution in [3.05, 3.63) is 59.2 Å². The van der Waals surface area contributed by atoms with Gasteiger partial charge in [-0.15, -0.1) is 0 Å². The van der Waals surface area contributed by atoms with Gasteiger partial charge in [-0.25, -0.2) is 0 Å². The second-order valence-electron chi connectivity index (χ2n) is 6.12. The first-order chi connectivity index (χ1) is 12.5. The molecule has 3 rings (SSSR count). The van der Waals surface area contributed by atoms with Gasteiger partial charge < -0.3 is 5.32 Å². The second-order valence-corrected chi connectivity index (χ2v) is 6.12. The highest BCUT2D eigenvalue weighted by atomic mass is 16.2. The van der Waals surface area contributed by atoms with E-state index in [2.05, 4.69) is 20.7 Å². The van der Waals surface area contributed by atoms with Crippen LogP contribution in [-0.2, 0) is 22.4 Å². The first-order valence-electron chi connectivity index (χ1n) is 8.19. The van der Waals surface area contributed by atoms with Gasteiger partial charge in [-0.3, -0.25) is 14.4 Å². The van der Waals surface area contributed by atoms with Crippen LogP contribution in [0.1, 0.15) is 28.4 Å². The molecule has 0 saturated carbocycles. The summed E-state index contributed by atoms with van der Waals surface area (Å²) in [5, 5.41) is 13.0. The quantitative estimate of drug-likeness (QED) is 0.674. The lowest BCUT2D eigenvalue weighted by Crippen LogP contribution is -2.30. The third-order valence-corrected chi connectivity index (χ3v) is 3.87. The molecule has 1 aromatic heterocycles. The fraction of sp³-hybridized carbons (Fsp3) is 0.211. The van der Waals surface area contributed by atoms with Gasteiger partial charge in [-0.1, -0.05) is 24.3 Å². The Bertz CT molecular complexity index is 978. The van der Waals surface area contributed by atoms with Crippen molar-refractivity contribution >= 4 is 28.5 Å². The lowest BCUT2D eigenvalue weighted by Gasteiger charge is -2.06. The standard InChI is InChI=1S/C19H18N4O3/c1-12(24)7-13-3-2-4-14(8-13)9-16(25)11-20-19(26)15-5-6-17-18(10-15)22-23-21-17/h2-6,8,10H,7,9,11H2,1H3,(H,20,26)(H,21,22,23). The zero-order chi connectivity index (χ0) is 18.5. The Kier molecular flexibility index (Phi) is 5.17. The molecule has 26 heavy (non-hydrogen) atoms. The Balaban J connectivity index is 1.56. The number of nitrogens with zero attached hydrogens (tertiary/aromatic N) is 2. The summed E-state index contributed by atoms with van der Waals surface area (Å²) in [6, 6.07) is 12.3. The molecule has 2 N–H and O–H groups in total. The monoisotopic (exact) mass is 350 g/mol. The van der Waals surface area contributed by atoms with E-state index in [0.29, 0.717) is 23.0 Å². The molecular weight excluding hydrogens is 332 g/mol. The van der Waals surface area contributed by atoms with Crippen LogP contribution in [0.4, 0.5) is 0 Å². The van der Waals surface area contributed by atoms with Crippen LogP contribution >= 0.6 is 0 Å². The van der Waals surface area contributed by atoms with Gasteiger partial charge in [0.2, 0.25) is 0 Å². The lowest BCUT2D eigenvalue weighted by molar-refractivity contribution is -0.117. The predicted octanol–water partition coefficient (Wildman–Crippen LogP) is 1.63. The number of aromatic nitrogens is 3. The van der Waals surface area contributed by atoms with Crippen molar-refractivity contribution in [3.63, 3.8) is 0 Å². The molecule has 0 spiro atoms. The minimum absolute atomic E-state index is 0.0629. The number of hydrogen-bond donors (Lipinski definition) is 2. The highest BCUT2D eigenvalue weighted by Gasteiger charge is 2.11. The Morgan fingerprint density at radius 2 is 1.69 bits per heavy atom. The summed E-state index contributed by atoms with van der Waals surface area (Å²) in [6.45, 7) is 1.47. The number of hydrogen-bond acceptors (Lipinski definition) is 5. The molecule has 2 aromatic carbocycles. The van der Waals surface area contributed by atoms with Crippen molar-refractivity contribution in [3.8, 4) is 0 Å². The molecule has 0 radical (unpaired) electrons. The van der Waals surface area contributed by atoms with E-state index in [1.807, 2.05) is 24.3 Å². The maximum absolute atomic E-state index is 12.2. The molecule has 0 saturated heterocycles. The number of Topliss-reactive ketones (excluding diaryl/α,β-unsaturated/α-hetero) is 2. The molecule has 0 aliphatic rings. The van der Waals surface area contributed by atoms with Crippen molar-refractivity contribution in [2.24, 2.45) is 0 Å². The summed E-state index contributed by atoms with van der Waals surface area (Å²) < 4.78 is 0. The summed E-state index contributed by atoms with van der Waals surface area (Å²) >= 11 is 0. The zero-order valence-electron chi connectivity index (χ0n) is 14.3. The SMILES string of the molecule is CC(=O)Cc1cccc(CC(=O)CNC(=O)c2ccc3n[nH]nc3c2)c1. The number of rotatable bonds is 7.